The maximum atomic E-state index is 13.1. The van der Waals surface area contributed by atoms with Gasteiger partial charge in [0.25, 0.3) is 0 Å². The summed E-state index contributed by atoms with van der Waals surface area (Å²) in [7, 11) is -2.30. The molecular weight excluding hydrogens is 279 g/mol. The number of alkyl halides is 3. The Labute approximate surface area is 111 Å². The van der Waals surface area contributed by atoms with Crippen LogP contribution in [-0.2, 0) is 4.43 Å². The molecule has 0 saturated carbocycles. The Balaban J connectivity index is 2.71. The van der Waals surface area contributed by atoms with Crippen molar-refractivity contribution < 1.29 is 27.5 Å². The molecule has 1 amide bonds. The molecule has 0 aliphatic carbocycles. The normalized spacial score (nSPS) is 20.4. The van der Waals surface area contributed by atoms with Gasteiger partial charge in [-0.05, 0) is 38.4 Å². The van der Waals surface area contributed by atoms with E-state index in [1.807, 2.05) is 0 Å². The number of likely N-dealkylation sites (tertiary alicyclic amines) is 1. The van der Waals surface area contributed by atoms with E-state index < -0.39 is 32.6 Å². The Morgan fingerprint density at radius 3 is 2.11 bits per heavy atom. The van der Waals surface area contributed by atoms with Gasteiger partial charge in [0, 0.05) is 13.1 Å². The summed E-state index contributed by atoms with van der Waals surface area (Å²) in [6, 6.07) is 0. The van der Waals surface area contributed by atoms with Crippen LogP contribution in [0.3, 0.4) is 0 Å². The van der Waals surface area contributed by atoms with Gasteiger partial charge in [0.05, 0.1) is 0 Å². The first-order valence-corrected chi connectivity index (χ1v) is 9.64. The molecule has 1 N–H and O–H groups in total. The average molecular weight is 299 g/mol. The molecule has 1 atom stereocenters. The molecule has 1 aliphatic rings. The second kappa shape index (κ2) is 5.70. The van der Waals surface area contributed by atoms with Crippen molar-refractivity contribution in [2.24, 2.45) is 5.92 Å². The van der Waals surface area contributed by atoms with Gasteiger partial charge < -0.3 is 14.4 Å². The molecule has 8 heteroatoms. The highest BCUT2D eigenvalue weighted by atomic mass is 28.4. The molecule has 1 unspecified atom stereocenters. The maximum absolute atomic E-state index is 13.1. The lowest BCUT2D eigenvalue weighted by atomic mass is 9.91. The topological polar surface area (TPSA) is 49.8 Å². The van der Waals surface area contributed by atoms with Gasteiger partial charge in [0.2, 0.25) is 0 Å². The van der Waals surface area contributed by atoms with Crippen molar-refractivity contribution in [1.29, 1.82) is 0 Å². The Morgan fingerprint density at radius 1 is 1.32 bits per heavy atom. The Kier molecular flexibility index (Phi) is 4.89. The van der Waals surface area contributed by atoms with Crippen molar-refractivity contribution in [2.75, 3.05) is 13.1 Å². The van der Waals surface area contributed by atoms with Gasteiger partial charge in [-0.25, -0.2) is 4.79 Å². The molecule has 1 heterocycles. The molecule has 1 fully saturated rings. The summed E-state index contributed by atoms with van der Waals surface area (Å²) in [5.74, 6) is -0.651. The quantitative estimate of drug-likeness (QED) is 0.814. The predicted octanol–water partition coefficient (Wildman–Crippen LogP) is 3.16. The number of rotatable bonds is 3. The summed E-state index contributed by atoms with van der Waals surface area (Å²) in [5, 5.41) is 8.79. The third-order valence-corrected chi connectivity index (χ3v) is 4.00. The van der Waals surface area contributed by atoms with Gasteiger partial charge in [-0.15, -0.1) is 0 Å². The van der Waals surface area contributed by atoms with Crippen LogP contribution >= 0.6 is 0 Å². The van der Waals surface area contributed by atoms with Crippen LogP contribution in [0.15, 0.2) is 0 Å². The summed E-state index contributed by atoms with van der Waals surface area (Å²) in [6.45, 7) is 5.44. The van der Waals surface area contributed by atoms with Crippen molar-refractivity contribution in [2.45, 2.75) is 44.8 Å². The van der Waals surface area contributed by atoms with E-state index in [1.165, 1.54) is 0 Å². The van der Waals surface area contributed by atoms with Crippen LogP contribution in [-0.4, -0.2) is 49.8 Å². The van der Waals surface area contributed by atoms with Gasteiger partial charge in [0.15, 0.2) is 8.32 Å². The van der Waals surface area contributed by atoms with Crippen molar-refractivity contribution in [3.05, 3.63) is 0 Å². The number of amides is 1. The predicted molar refractivity (Wildman–Crippen MR) is 66.6 cm³/mol. The van der Waals surface area contributed by atoms with E-state index in [9.17, 15) is 18.0 Å². The fourth-order valence-corrected chi connectivity index (χ4v) is 3.29. The van der Waals surface area contributed by atoms with Gasteiger partial charge in [-0.1, -0.05) is 0 Å². The number of hydrogen-bond acceptors (Lipinski definition) is 2. The number of hydrogen-bond donors (Lipinski definition) is 1. The number of nitrogens with zero attached hydrogens (tertiary/aromatic N) is 1. The zero-order valence-corrected chi connectivity index (χ0v) is 12.3. The van der Waals surface area contributed by atoms with Crippen molar-refractivity contribution >= 4 is 14.4 Å². The minimum atomic E-state index is -4.39. The van der Waals surface area contributed by atoms with Gasteiger partial charge in [-0.3, -0.25) is 0 Å². The van der Waals surface area contributed by atoms with Crippen LogP contribution in [0.1, 0.15) is 12.8 Å². The molecule has 19 heavy (non-hydrogen) atoms. The third kappa shape index (κ3) is 5.02. The lowest BCUT2D eigenvalue weighted by molar-refractivity contribution is -0.216. The van der Waals surface area contributed by atoms with Crippen molar-refractivity contribution in [3.8, 4) is 0 Å². The summed E-state index contributed by atoms with van der Waals surface area (Å²) < 4.78 is 44.5. The van der Waals surface area contributed by atoms with Gasteiger partial charge in [0.1, 0.15) is 6.10 Å². The van der Waals surface area contributed by atoms with Crippen molar-refractivity contribution in [3.63, 3.8) is 0 Å². The first-order chi connectivity index (χ1) is 8.50. The van der Waals surface area contributed by atoms with E-state index in [-0.39, 0.29) is 25.9 Å². The fourth-order valence-electron chi connectivity index (χ4n) is 2.20. The molecule has 0 aromatic carbocycles. The molecule has 1 saturated heterocycles. The Bertz CT molecular complexity index is 322. The van der Waals surface area contributed by atoms with Gasteiger partial charge >= 0.3 is 12.3 Å². The average Bonchev–Trinajstić information content (AvgIpc) is 2.23. The van der Waals surface area contributed by atoms with E-state index in [2.05, 4.69) is 0 Å². The van der Waals surface area contributed by atoms with Gasteiger partial charge in [-0.2, -0.15) is 13.2 Å². The number of carbonyl (C=O) groups is 1. The number of piperidine rings is 1. The zero-order chi connectivity index (χ0) is 14.8. The minimum Gasteiger partial charge on any atom is -0.465 e. The van der Waals surface area contributed by atoms with Crippen LogP contribution in [0.5, 0.6) is 0 Å². The molecule has 0 bridgehead atoms. The standard InChI is InChI=1S/C11H20F3NO3Si/c1-19(2,3)18-9(11(12,13)14)8-4-6-15(7-5-8)10(16)17/h8-9H,4-7H2,1-3H3,(H,16,17). The van der Waals surface area contributed by atoms with Crippen molar-refractivity contribution in [1.82, 2.24) is 4.90 Å². The molecule has 0 aromatic rings. The molecule has 0 radical (unpaired) electrons. The van der Waals surface area contributed by atoms with E-state index in [0.29, 0.717) is 0 Å². The van der Waals surface area contributed by atoms with E-state index in [1.54, 1.807) is 19.6 Å². The summed E-state index contributed by atoms with van der Waals surface area (Å²) in [6.07, 6.45) is -6.85. The second-order valence-electron chi connectivity index (χ2n) is 5.80. The largest absolute Gasteiger partial charge is 0.465 e. The SMILES string of the molecule is C[Si](C)(C)OC(C1CCN(C(=O)O)CC1)C(F)(F)F. The first-order valence-electron chi connectivity index (χ1n) is 6.23. The highest BCUT2D eigenvalue weighted by Crippen LogP contribution is 2.35. The molecular formula is C11H20F3NO3Si. The summed E-state index contributed by atoms with van der Waals surface area (Å²) in [4.78, 5) is 11.9. The smallest absolute Gasteiger partial charge is 0.413 e. The minimum absolute atomic E-state index is 0.141. The monoisotopic (exact) mass is 299 g/mol. The molecule has 0 aromatic heterocycles. The lowest BCUT2D eigenvalue weighted by Crippen LogP contribution is -2.49. The third-order valence-electron chi connectivity index (χ3n) is 3.04. The van der Waals surface area contributed by atoms with E-state index in [4.69, 9.17) is 9.53 Å². The molecule has 112 valence electrons. The highest BCUT2D eigenvalue weighted by molar-refractivity contribution is 6.69. The second-order valence-corrected chi connectivity index (χ2v) is 10.3. The Morgan fingerprint density at radius 2 is 1.79 bits per heavy atom. The number of carboxylic acid groups (broad SMARTS) is 1. The molecule has 1 aliphatic heterocycles. The Hall–Kier alpha value is -0.763. The highest BCUT2D eigenvalue weighted by Gasteiger charge is 2.48. The van der Waals surface area contributed by atoms with Crippen LogP contribution in [0.25, 0.3) is 0 Å². The maximum Gasteiger partial charge on any atom is 0.413 e. The molecule has 1 rings (SSSR count). The van der Waals surface area contributed by atoms with Crippen LogP contribution in [0, 0.1) is 5.92 Å². The van der Waals surface area contributed by atoms with Crippen LogP contribution < -0.4 is 0 Å². The summed E-state index contributed by atoms with van der Waals surface area (Å²) >= 11 is 0. The molecule has 4 nitrogen and oxygen atoms in total. The fraction of sp³-hybridized carbons (Fsp3) is 0.909. The summed E-state index contributed by atoms with van der Waals surface area (Å²) in [5.41, 5.74) is 0. The first kappa shape index (κ1) is 16.3. The zero-order valence-electron chi connectivity index (χ0n) is 11.3. The van der Waals surface area contributed by atoms with E-state index >= 15 is 0 Å². The number of halogens is 3. The van der Waals surface area contributed by atoms with E-state index in [0.717, 1.165) is 4.90 Å². The molecule has 0 spiro atoms. The lowest BCUT2D eigenvalue weighted by Gasteiger charge is -2.38. The van der Waals surface area contributed by atoms with Crippen LogP contribution in [0.4, 0.5) is 18.0 Å². The van der Waals surface area contributed by atoms with Crippen LogP contribution in [0.2, 0.25) is 19.6 Å².